The molecule has 0 unspecified atom stereocenters. The Morgan fingerprint density at radius 2 is 1.73 bits per heavy atom. The molecule has 0 saturated heterocycles. The topological polar surface area (TPSA) is 32.3 Å². The van der Waals surface area contributed by atoms with E-state index in [0.717, 1.165) is 25.8 Å². The molecule has 0 amide bonds. The van der Waals surface area contributed by atoms with Crippen molar-refractivity contribution < 1.29 is 5.11 Å². The third-order valence-corrected chi connectivity index (χ3v) is 2.15. The number of hydrogen-bond donors (Lipinski definition) is 2. The summed E-state index contributed by atoms with van der Waals surface area (Å²) in [6, 6.07) is 0. The Morgan fingerprint density at radius 1 is 1.18 bits per heavy atom. The second-order valence-electron chi connectivity index (χ2n) is 3.02. The van der Waals surface area contributed by atoms with Gasteiger partial charge in [0.05, 0.1) is 0 Å². The number of rotatable bonds is 6. The van der Waals surface area contributed by atoms with Crippen LogP contribution in [-0.4, -0.2) is 17.4 Å². The molecule has 0 rings (SSSR count). The van der Waals surface area contributed by atoms with Crippen molar-refractivity contribution in [3.63, 3.8) is 0 Å². The average molecular weight is 159 g/mol. The molecule has 0 aliphatic heterocycles. The molecule has 0 aliphatic rings. The van der Waals surface area contributed by atoms with Gasteiger partial charge in [0, 0.05) is 0 Å². The fourth-order valence-corrected chi connectivity index (χ4v) is 0.998. The SMILES string of the molecule is CCCCNC(O)(CC)CC. The molecular weight excluding hydrogens is 138 g/mol. The molecule has 2 nitrogen and oxygen atoms in total. The third kappa shape index (κ3) is 4.38. The summed E-state index contributed by atoms with van der Waals surface area (Å²) in [4.78, 5) is 0. The first-order valence-corrected chi connectivity index (χ1v) is 4.66. The van der Waals surface area contributed by atoms with Crippen LogP contribution in [-0.2, 0) is 0 Å². The fraction of sp³-hybridized carbons (Fsp3) is 1.00. The zero-order chi connectivity index (χ0) is 8.74. The number of aliphatic hydroxyl groups is 1. The zero-order valence-electron chi connectivity index (χ0n) is 7.98. The lowest BCUT2D eigenvalue weighted by Gasteiger charge is -2.26. The highest BCUT2D eigenvalue weighted by molar-refractivity contribution is 4.70. The molecule has 0 saturated carbocycles. The quantitative estimate of drug-likeness (QED) is 0.458. The van der Waals surface area contributed by atoms with E-state index in [-0.39, 0.29) is 0 Å². The summed E-state index contributed by atoms with van der Waals surface area (Å²) < 4.78 is 0. The Labute approximate surface area is 70.0 Å². The molecule has 0 heterocycles. The molecule has 0 atom stereocenters. The first kappa shape index (κ1) is 10.9. The lowest BCUT2D eigenvalue weighted by Crippen LogP contribution is -2.44. The molecule has 2 heteroatoms. The maximum absolute atomic E-state index is 9.74. The van der Waals surface area contributed by atoms with E-state index >= 15 is 0 Å². The molecule has 0 aromatic rings. The van der Waals surface area contributed by atoms with Crippen molar-refractivity contribution in [1.29, 1.82) is 0 Å². The standard InChI is InChI=1S/C9H21NO/c1-4-7-8-10-9(11,5-2)6-3/h10-11H,4-8H2,1-3H3. The van der Waals surface area contributed by atoms with Crippen LogP contribution < -0.4 is 5.32 Å². The van der Waals surface area contributed by atoms with Crippen molar-refractivity contribution in [3.8, 4) is 0 Å². The Balaban J connectivity index is 3.51. The van der Waals surface area contributed by atoms with E-state index in [9.17, 15) is 5.11 Å². The normalized spacial score (nSPS) is 12.0. The van der Waals surface area contributed by atoms with Gasteiger partial charge in [-0.25, -0.2) is 0 Å². The van der Waals surface area contributed by atoms with Crippen molar-refractivity contribution in [2.45, 2.75) is 52.2 Å². The highest BCUT2D eigenvalue weighted by atomic mass is 16.3. The van der Waals surface area contributed by atoms with Gasteiger partial charge in [0.2, 0.25) is 0 Å². The van der Waals surface area contributed by atoms with Gasteiger partial charge in [-0.2, -0.15) is 0 Å². The van der Waals surface area contributed by atoms with Crippen LogP contribution in [0.15, 0.2) is 0 Å². The predicted octanol–water partition coefficient (Wildman–Crippen LogP) is 1.88. The maximum Gasteiger partial charge on any atom is 0.115 e. The molecule has 68 valence electrons. The molecule has 0 aliphatic carbocycles. The van der Waals surface area contributed by atoms with Crippen LogP contribution in [0.4, 0.5) is 0 Å². The number of nitrogens with one attached hydrogen (secondary N) is 1. The Morgan fingerprint density at radius 3 is 2.09 bits per heavy atom. The first-order chi connectivity index (χ1) is 5.18. The summed E-state index contributed by atoms with van der Waals surface area (Å²) in [5.74, 6) is 0. The van der Waals surface area contributed by atoms with Crippen molar-refractivity contribution >= 4 is 0 Å². The van der Waals surface area contributed by atoms with E-state index in [1.807, 2.05) is 13.8 Å². The van der Waals surface area contributed by atoms with Gasteiger partial charge >= 0.3 is 0 Å². The van der Waals surface area contributed by atoms with Crippen LogP contribution in [0.2, 0.25) is 0 Å². The monoisotopic (exact) mass is 159 g/mol. The first-order valence-electron chi connectivity index (χ1n) is 4.66. The second-order valence-corrected chi connectivity index (χ2v) is 3.02. The summed E-state index contributed by atoms with van der Waals surface area (Å²) in [6.07, 6.45) is 3.89. The lowest BCUT2D eigenvalue weighted by atomic mass is 10.1. The van der Waals surface area contributed by atoms with E-state index in [4.69, 9.17) is 0 Å². The zero-order valence-corrected chi connectivity index (χ0v) is 7.98. The third-order valence-electron chi connectivity index (χ3n) is 2.15. The summed E-state index contributed by atoms with van der Waals surface area (Å²) >= 11 is 0. The average Bonchev–Trinajstić information content (AvgIpc) is 2.05. The van der Waals surface area contributed by atoms with Crippen LogP contribution in [0.5, 0.6) is 0 Å². The molecule has 0 fully saturated rings. The summed E-state index contributed by atoms with van der Waals surface area (Å²) in [6.45, 7) is 7.08. The molecular formula is C9H21NO. The van der Waals surface area contributed by atoms with Crippen LogP contribution >= 0.6 is 0 Å². The van der Waals surface area contributed by atoms with Gasteiger partial charge in [0.25, 0.3) is 0 Å². The van der Waals surface area contributed by atoms with Gasteiger partial charge in [-0.3, -0.25) is 5.32 Å². The summed E-state index contributed by atoms with van der Waals surface area (Å²) in [7, 11) is 0. The largest absolute Gasteiger partial charge is 0.376 e. The highest BCUT2D eigenvalue weighted by Gasteiger charge is 2.19. The van der Waals surface area contributed by atoms with Crippen LogP contribution in [0.25, 0.3) is 0 Å². The predicted molar refractivity (Wildman–Crippen MR) is 48.4 cm³/mol. The molecule has 0 bridgehead atoms. The number of unbranched alkanes of at least 4 members (excludes halogenated alkanes) is 1. The van der Waals surface area contributed by atoms with Gasteiger partial charge in [0.1, 0.15) is 5.72 Å². The lowest BCUT2D eigenvalue weighted by molar-refractivity contribution is -0.00215. The second kappa shape index (κ2) is 5.56. The van der Waals surface area contributed by atoms with Gasteiger partial charge in [-0.15, -0.1) is 0 Å². The summed E-state index contributed by atoms with van der Waals surface area (Å²) in [5.41, 5.74) is -0.616. The van der Waals surface area contributed by atoms with E-state index in [2.05, 4.69) is 12.2 Å². The molecule has 0 spiro atoms. The van der Waals surface area contributed by atoms with Crippen molar-refractivity contribution in [2.75, 3.05) is 6.54 Å². The van der Waals surface area contributed by atoms with Gasteiger partial charge in [-0.05, 0) is 25.8 Å². The van der Waals surface area contributed by atoms with Crippen molar-refractivity contribution in [1.82, 2.24) is 5.32 Å². The minimum atomic E-state index is -0.616. The van der Waals surface area contributed by atoms with E-state index in [0.29, 0.717) is 0 Å². The Hall–Kier alpha value is -0.0800. The van der Waals surface area contributed by atoms with E-state index < -0.39 is 5.72 Å². The van der Waals surface area contributed by atoms with Crippen LogP contribution in [0.3, 0.4) is 0 Å². The van der Waals surface area contributed by atoms with Gasteiger partial charge < -0.3 is 5.11 Å². The Kier molecular flexibility index (Phi) is 5.51. The smallest absolute Gasteiger partial charge is 0.115 e. The van der Waals surface area contributed by atoms with E-state index in [1.165, 1.54) is 6.42 Å². The van der Waals surface area contributed by atoms with Crippen molar-refractivity contribution in [3.05, 3.63) is 0 Å². The molecule has 11 heavy (non-hydrogen) atoms. The van der Waals surface area contributed by atoms with Gasteiger partial charge in [0.15, 0.2) is 0 Å². The van der Waals surface area contributed by atoms with Crippen LogP contribution in [0, 0.1) is 0 Å². The molecule has 0 aromatic heterocycles. The molecule has 0 aromatic carbocycles. The van der Waals surface area contributed by atoms with Gasteiger partial charge in [-0.1, -0.05) is 27.2 Å². The van der Waals surface area contributed by atoms with Crippen LogP contribution in [0.1, 0.15) is 46.5 Å². The van der Waals surface area contributed by atoms with E-state index in [1.54, 1.807) is 0 Å². The minimum absolute atomic E-state index is 0.616. The molecule has 2 N–H and O–H groups in total. The maximum atomic E-state index is 9.74. The highest BCUT2D eigenvalue weighted by Crippen LogP contribution is 2.09. The fourth-order valence-electron chi connectivity index (χ4n) is 0.998. The van der Waals surface area contributed by atoms with Crippen molar-refractivity contribution in [2.24, 2.45) is 0 Å². The molecule has 0 radical (unpaired) electrons. The summed E-state index contributed by atoms with van der Waals surface area (Å²) in [5, 5.41) is 12.9. The number of hydrogen-bond acceptors (Lipinski definition) is 2. The Bertz CT molecular complexity index is 89.6. The minimum Gasteiger partial charge on any atom is -0.376 e.